The fourth-order valence-electron chi connectivity index (χ4n) is 1.45. The second kappa shape index (κ2) is 3.69. The van der Waals surface area contributed by atoms with E-state index in [0.717, 1.165) is 0 Å². The summed E-state index contributed by atoms with van der Waals surface area (Å²) in [5, 5.41) is 10.0. The van der Waals surface area contributed by atoms with Gasteiger partial charge in [-0.3, -0.25) is 9.59 Å². The Balaban J connectivity index is 2.73. The van der Waals surface area contributed by atoms with E-state index in [1.807, 2.05) is 0 Å². The molecule has 0 fully saturated rings. The Labute approximate surface area is 90.3 Å². The van der Waals surface area contributed by atoms with Gasteiger partial charge < -0.3 is 14.8 Å². The van der Waals surface area contributed by atoms with Crippen molar-refractivity contribution in [3.8, 4) is 11.5 Å². The first-order valence-corrected chi connectivity index (χ1v) is 4.61. The van der Waals surface area contributed by atoms with Crippen LogP contribution in [0.1, 0.15) is 6.92 Å². The quantitative estimate of drug-likeness (QED) is 0.557. The third-order valence-corrected chi connectivity index (χ3v) is 2.09. The van der Waals surface area contributed by atoms with Crippen LogP contribution in [-0.4, -0.2) is 16.1 Å². The number of esters is 1. The molecule has 2 aromatic rings. The maximum atomic E-state index is 11.1. The molecule has 0 aliphatic rings. The number of aromatic hydroxyl groups is 1. The first-order valence-electron chi connectivity index (χ1n) is 4.61. The number of carbonyl (C=O) groups excluding carboxylic acids is 1. The van der Waals surface area contributed by atoms with Crippen LogP contribution in [0.3, 0.4) is 0 Å². The Kier molecular flexibility index (Phi) is 2.36. The summed E-state index contributed by atoms with van der Waals surface area (Å²) in [6.45, 7) is 1.28. The summed E-state index contributed by atoms with van der Waals surface area (Å²) in [4.78, 5) is 24.4. The Morgan fingerprint density at radius 1 is 1.31 bits per heavy atom. The van der Waals surface area contributed by atoms with Crippen molar-refractivity contribution in [3.05, 3.63) is 34.6 Å². The summed E-state index contributed by atoms with van der Waals surface area (Å²) >= 11 is 0. The van der Waals surface area contributed by atoms with Crippen molar-refractivity contribution in [3.63, 3.8) is 0 Å². The van der Waals surface area contributed by atoms with Crippen LogP contribution in [0.25, 0.3) is 10.9 Å². The average Bonchev–Trinajstić information content (AvgIpc) is 2.22. The van der Waals surface area contributed by atoms with Crippen molar-refractivity contribution in [1.82, 2.24) is 4.98 Å². The lowest BCUT2D eigenvalue weighted by atomic mass is 10.2. The van der Waals surface area contributed by atoms with Gasteiger partial charge in [0.05, 0.1) is 5.52 Å². The summed E-state index contributed by atoms with van der Waals surface area (Å²) in [7, 11) is 0. The van der Waals surface area contributed by atoms with E-state index in [1.165, 1.54) is 31.2 Å². The molecule has 0 atom stereocenters. The van der Waals surface area contributed by atoms with Crippen LogP contribution in [-0.2, 0) is 4.79 Å². The molecule has 1 aromatic carbocycles. The molecule has 0 radical (unpaired) electrons. The van der Waals surface area contributed by atoms with Gasteiger partial charge in [0.2, 0.25) is 5.56 Å². The number of ether oxygens (including phenoxy) is 1. The van der Waals surface area contributed by atoms with Crippen LogP contribution in [0.4, 0.5) is 0 Å². The fourth-order valence-corrected chi connectivity index (χ4v) is 1.45. The lowest BCUT2D eigenvalue weighted by Crippen LogP contribution is -2.05. The molecule has 0 saturated carbocycles. The molecule has 2 rings (SSSR count). The maximum Gasteiger partial charge on any atom is 0.308 e. The Bertz CT molecular complexity index is 615. The number of fused-ring (bicyclic) bond motifs is 1. The van der Waals surface area contributed by atoms with Crippen molar-refractivity contribution in [2.45, 2.75) is 6.92 Å². The number of aromatic amines is 1. The van der Waals surface area contributed by atoms with Crippen LogP contribution >= 0.6 is 0 Å². The number of nitrogens with one attached hydrogen (secondary N) is 1. The number of benzene rings is 1. The van der Waals surface area contributed by atoms with Crippen molar-refractivity contribution < 1.29 is 14.6 Å². The Morgan fingerprint density at radius 2 is 2.06 bits per heavy atom. The van der Waals surface area contributed by atoms with Gasteiger partial charge in [-0.2, -0.15) is 0 Å². The second-order valence-corrected chi connectivity index (χ2v) is 3.29. The lowest BCUT2D eigenvalue weighted by molar-refractivity contribution is -0.131. The topological polar surface area (TPSA) is 79.4 Å². The van der Waals surface area contributed by atoms with Crippen molar-refractivity contribution in [2.24, 2.45) is 0 Å². The van der Waals surface area contributed by atoms with Gasteiger partial charge in [0, 0.05) is 18.4 Å². The van der Waals surface area contributed by atoms with E-state index in [0.29, 0.717) is 11.1 Å². The fraction of sp³-hybridized carbons (Fsp3) is 0.0909. The Morgan fingerprint density at radius 3 is 2.75 bits per heavy atom. The van der Waals surface area contributed by atoms with Crippen molar-refractivity contribution in [2.75, 3.05) is 0 Å². The molecule has 0 aliphatic carbocycles. The van der Waals surface area contributed by atoms with Crippen LogP contribution in [0.2, 0.25) is 0 Å². The molecule has 0 saturated heterocycles. The average molecular weight is 219 g/mol. The van der Waals surface area contributed by atoms with Gasteiger partial charge in [-0.1, -0.05) is 0 Å². The second-order valence-electron chi connectivity index (χ2n) is 3.29. The Hall–Kier alpha value is -2.30. The normalized spacial score (nSPS) is 10.3. The van der Waals surface area contributed by atoms with Gasteiger partial charge in [-0.15, -0.1) is 0 Å². The highest BCUT2D eigenvalue weighted by molar-refractivity contribution is 5.91. The van der Waals surface area contributed by atoms with Crippen LogP contribution < -0.4 is 10.3 Å². The molecule has 1 heterocycles. The molecule has 5 heteroatoms. The molecule has 0 aliphatic heterocycles. The number of pyridine rings is 1. The van der Waals surface area contributed by atoms with E-state index in [1.54, 1.807) is 0 Å². The zero-order valence-electron chi connectivity index (χ0n) is 8.48. The lowest BCUT2D eigenvalue weighted by Gasteiger charge is -2.06. The van der Waals surface area contributed by atoms with Crippen LogP contribution in [0, 0.1) is 0 Å². The molecule has 0 unspecified atom stereocenters. The summed E-state index contributed by atoms with van der Waals surface area (Å²) in [5.41, 5.74) is -0.0750. The minimum atomic E-state index is -0.460. The van der Waals surface area contributed by atoms with Gasteiger partial charge in [0.25, 0.3) is 0 Å². The third-order valence-electron chi connectivity index (χ3n) is 2.09. The van der Waals surface area contributed by atoms with Gasteiger partial charge in [-0.25, -0.2) is 0 Å². The summed E-state index contributed by atoms with van der Waals surface area (Å²) in [6.07, 6.45) is 0. The summed E-state index contributed by atoms with van der Waals surface area (Å²) in [6, 6.07) is 5.62. The molecule has 5 nitrogen and oxygen atoms in total. The van der Waals surface area contributed by atoms with E-state index >= 15 is 0 Å². The predicted octanol–water partition coefficient (Wildman–Crippen LogP) is 1.16. The van der Waals surface area contributed by atoms with Gasteiger partial charge in [-0.05, 0) is 18.2 Å². The number of phenolic OH excluding ortho intramolecular Hbond substituents is 1. The first-order chi connectivity index (χ1) is 7.58. The standard InChI is InChI=1S/C11H9NO4/c1-6(13)16-9-4-3-8(14)11-7(9)2-5-10(15)12-11/h2-5,14H,1H3,(H,12,15). The van der Waals surface area contributed by atoms with Gasteiger partial charge in [0.1, 0.15) is 11.5 Å². The monoisotopic (exact) mass is 219 g/mol. The highest BCUT2D eigenvalue weighted by atomic mass is 16.5. The van der Waals surface area contributed by atoms with E-state index in [4.69, 9.17) is 4.74 Å². The largest absolute Gasteiger partial charge is 0.506 e. The van der Waals surface area contributed by atoms with E-state index in [-0.39, 0.29) is 16.8 Å². The van der Waals surface area contributed by atoms with Crippen molar-refractivity contribution >= 4 is 16.9 Å². The number of carbonyl (C=O) groups is 1. The third kappa shape index (κ3) is 1.75. The highest BCUT2D eigenvalue weighted by Crippen LogP contribution is 2.29. The number of hydrogen-bond acceptors (Lipinski definition) is 4. The van der Waals surface area contributed by atoms with E-state index in [2.05, 4.69) is 4.98 Å². The minimum absolute atomic E-state index is 0.0661. The SMILES string of the molecule is CC(=O)Oc1ccc(O)c2[nH]c(=O)ccc12. The molecular weight excluding hydrogens is 210 g/mol. The zero-order valence-corrected chi connectivity index (χ0v) is 8.48. The number of phenols is 1. The number of H-pyrrole nitrogens is 1. The van der Waals surface area contributed by atoms with E-state index < -0.39 is 5.97 Å². The molecule has 0 spiro atoms. The first kappa shape index (κ1) is 10.2. The minimum Gasteiger partial charge on any atom is -0.506 e. The summed E-state index contributed by atoms with van der Waals surface area (Å²) < 4.78 is 4.95. The number of hydrogen-bond donors (Lipinski definition) is 2. The van der Waals surface area contributed by atoms with Gasteiger partial charge >= 0.3 is 5.97 Å². The summed E-state index contributed by atoms with van der Waals surface area (Å²) in [5.74, 6) is -0.224. The maximum absolute atomic E-state index is 11.1. The smallest absolute Gasteiger partial charge is 0.308 e. The molecule has 0 bridgehead atoms. The van der Waals surface area contributed by atoms with Crippen LogP contribution in [0.5, 0.6) is 11.5 Å². The molecule has 1 aromatic heterocycles. The number of rotatable bonds is 1. The molecule has 16 heavy (non-hydrogen) atoms. The van der Waals surface area contributed by atoms with Crippen molar-refractivity contribution in [1.29, 1.82) is 0 Å². The van der Waals surface area contributed by atoms with Crippen LogP contribution in [0.15, 0.2) is 29.1 Å². The highest BCUT2D eigenvalue weighted by Gasteiger charge is 2.08. The number of aromatic nitrogens is 1. The predicted molar refractivity (Wildman–Crippen MR) is 57.5 cm³/mol. The van der Waals surface area contributed by atoms with Gasteiger partial charge in [0.15, 0.2) is 0 Å². The molecule has 2 N–H and O–H groups in total. The van der Waals surface area contributed by atoms with E-state index in [9.17, 15) is 14.7 Å². The molecular formula is C11H9NO4. The zero-order chi connectivity index (χ0) is 11.7. The molecule has 0 amide bonds. The molecule has 82 valence electrons.